The molecule has 0 saturated carbocycles. The van der Waals surface area contributed by atoms with Crippen LogP contribution in [0.1, 0.15) is 36.4 Å². The molecular weight excluding hydrogens is 270 g/mol. The third kappa shape index (κ3) is 1.90. The Balaban J connectivity index is 1.85. The lowest BCUT2D eigenvalue weighted by molar-refractivity contribution is -0.134. The van der Waals surface area contributed by atoms with Crippen molar-refractivity contribution in [2.45, 2.75) is 31.6 Å². The van der Waals surface area contributed by atoms with Gasteiger partial charge < -0.3 is 9.84 Å². The third-order valence-electron chi connectivity index (χ3n) is 4.26. The summed E-state index contributed by atoms with van der Waals surface area (Å²) in [5, 5.41) is 10.8. The Hall–Kier alpha value is -2.37. The number of hydrogen-bond acceptors (Lipinski definition) is 5. The predicted octanol–water partition coefficient (Wildman–Crippen LogP) is 1.71. The summed E-state index contributed by atoms with van der Waals surface area (Å²) >= 11 is 0. The van der Waals surface area contributed by atoms with E-state index in [0.29, 0.717) is 24.1 Å². The monoisotopic (exact) mass is 285 g/mol. The SMILES string of the molecule is O=C1CCC(c2noc3ccc4c(c23)CCCN4)C(=O)N1. The van der Waals surface area contributed by atoms with Crippen LogP contribution in [0.5, 0.6) is 0 Å². The number of nitrogens with one attached hydrogen (secondary N) is 2. The maximum Gasteiger partial charge on any atom is 0.235 e. The molecule has 1 atom stereocenters. The van der Waals surface area contributed by atoms with E-state index in [1.165, 1.54) is 5.56 Å². The Morgan fingerprint density at radius 3 is 3.00 bits per heavy atom. The minimum absolute atomic E-state index is 0.215. The van der Waals surface area contributed by atoms with Gasteiger partial charge in [0.2, 0.25) is 11.8 Å². The summed E-state index contributed by atoms with van der Waals surface area (Å²) in [6.45, 7) is 0.956. The Kier molecular flexibility index (Phi) is 2.70. The zero-order chi connectivity index (χ0) is 14.4. The Labute approximate surface area is 120 Å². The number of hydrogen-bond donors (Lipinski definition) is 2. The molecule has 1 aromatic heterocycles. The van der Waals surface area contributed by atoms with Crippen molar-refractivity contribution in [2.75, 3.05) is 11.9 Å². The van der Waals surface area contributed by atoms with Crippen LogP contribution in [-0.2, 0) is 16.0 Å². The normalized spacial score (nSPS) is 21.8. The third-order valence-corrected chi connectivity index (χ3v) is 4.26. The van der Waals surface area contributed by atoms with Crippen molar-refractivity contribution in [3.63, 3.8) is 0 Å². The van der Waals surface area contributed by atoms with Crippen LogP contribution in [0.3, 0.4) is 0 Å². The van der Waals surface area contributed by atoms with Crippen molar-refractivity contribution in [2.24, 2.45) is 0 Å². The zero-order valence-corrected chi connectivity index (χ0v) is 11.4. The number of aromatic nitrogens is 1. The van der Waals surface area contributed by atoms with Gasteiger partial charge in [0.05, 0.1) is 11.3 Å². The van der Waals surface area contributed by atoms with Crippen molar-refractivity contribution >= 4 is 28.5 Å². The lowest BCUT2D eigenvalue weighted by atomic mass is 9.89. The smallest absolute Gasteiger partial charge is 0.235 e. The van der Waals surface area contributed by atoms with Crippen molar-refractivity contribution < 1.29 is 14.1 Å². The van der Waals surface area contributed by atoms with Crippen molar-refractivity contribution in [1.82, 2.24) is 10.5 Å². The van der Waals surface area contributed by atoms with E-state index >= 15 is 0 Å². The van der Waals surface area contributed by atoms with Crippen LogP contribution in [0.25, 0.3) is 11.0 Å². The van der Waals surface area contributed by atoms with Gasteiger partial charge in [-0.2, -0.15) is 0 Å². The number of carbonyl (C=O) groups is 2. The average molecular weight is 285 g/mol. The zero-order valence-electron chi connectivity index (χ0n) is 11.4. The van der Waals surface area contributed by atoms with Crippen LogP contribution in [-0.4, -0.2) is 23.5 Å². The topological polar surface area (TPSA) is 84.2 Å². The number of anilines is 1. The highest BCUT2D eigenvalue weighted by atomic mass is 16.5. The standard InChI is InChI=1S/C15H15N3O3/c19-12-6-3-9(15(20)17-12)14-13-8-2-1-7-16-10(8)4-5-11(13)21-18-14/h4-5,9,16H,1-3,6-7H2,(H,17,19,20). The molecule has 1 aromatic carbocycles. The first-order chi connectivity index (χ1) is 10.2. The molecule has 2 amide bonds. The van der Waals surface area contributed by atoms with Gasteiger partial charge in [0.15, 0.2) is 5.58 Å². The summed E-state index contributed by atoms with van der Waals surface area (Å²) < 4.78 is 5.40. The number of piperidine rings is 1. The van der Waals surface area contributed by atoms with Gasteiger partial charge in [-0.1, -0.05) is 5.16 Å². The van der Waals surface area contributed by atoms with Gasteiger partial charge in [0, 0.05) is 18.7 Å². The van der Waals surface area contributed by atoms with Gasteiger partial charge in [0.25, 0.3) is 0 Å². The number of rotatable bonds is 1. The summed E-state index contributed by atoms with van der Waals surface area (Å²) in [4.78, 5) is 23.4. The van der Waals surface area contributed by atoms with Gasteiger partial charge in [-0.3, -0.25) is 14.9 Å². The molecule has 2 aliphatic rings. The van der Waals surface area contributed by atoms with E-state index in [-0.39, 0.29) is 11.8 Å². The van der Waals surface area contributed by atoms with E-state index in [0.717, 1.165) is 30.5 Å². The Morgan fingerprint density at radius 1 is 1.24 bits per heavy atom. The highest BCUT2D eigenvalue weighted by molar-refractivity contribution is 6.03. The molecule has 108 valence electrons. The molecule has 0 bridgehead atoms. The van der Waals surface area contributed by atoms with Crippen LogP contribution in [0.4, 0.5) is 5.69 Å². The second-order valence-corrected chi connectivity index (χ2v) is 5.57. The van der Waals surface area contributed by atoms with E-state index in [1.54, 1.807) is 0 Å². The molecule has 2 aliphatic heterocycles. The second-order valence-electron chi connectivity index (χ2n) is 5.57. The first-order valence-corrected chi connectivity index (χ1v) is 7.23. The quantitative estimate of drug-likeness (QED) is 0.779. The number of amides is 2. The first-order valence-electron chi connectivity index (χ1n) is 7.23. The molecule has 6 nitrogen and oxygen atoms in total. The van der Waals surface area contributed by atoms with E-state index < -0.39 is 5.92 Å². The van der Waals surface area contributed by atoms with E-state index in [1.807, 2.05) is 12.1 Å². The number of nitrogens with zero attached hydrogens (tertiary/aromatic N) is 1. The van der Waals surface area contributed by atoms with Crippen LogP contribution >= 0.6 is 0 Å². The fourth-order valence-electron chi connectivity index (χ4n) is 3.23. The predicted molar refractivity (Wildman–Crippen MR) is 75.9 cm³/mol. The molecular formula is C15H15N3O3. The summed E-state index contributed by atoms with van der Waals surface area (Å²) in [5.74, 6) is -0.895. The van der Waals surface area contributed by atoms with Crippen molar-refractivity contribution in [3.8, 4) is 0 Å². The van der Waals surface area contributed by atoms with Crippen molar-refractivity contribution in [1.29, 1.82) is 0 Å². The maximum absolute atomic E-state index is 12.1. The summed E-state index contributed by atoms with van der Waals surface area (Å²) in [5.41, 5.74) is 3.62. The molecule has 0 radical (unpaired) electrons. The fraction of sp³-hybridized carbons (Fsp3) is 0.400. The highest BCUT2D eigenvalue weighted by Gasteiger charge is 2.33. The van der Waals surface area contributed by atoms with Gasteiger partial charge in [-0.25, -0.2) is 0 Å². The van der Waals surface area contributed by atoms with Gasteiger partial charge in [-0.05, 0) is 37.0 Å². The second kappa shape index (κ2) is 4.58. The minimum Gasteiger partial charge on any atom is -0.385 e. The average Bonchev–Trinajstić information content (AvgIpc) is 2.91. The molecule has 0 spiro atoms. The molecule has 2 N–H and O–H groups in total. The van der Waals surface area contributed by atoms with Crippen LogP contribution in [0.2, 0.25) is 0 Å². The number of carbonyl (C=O) groups excluding carboxylic acids is 2. The van der Waals surface area contributed by atoms with E-state index in [2.05, 4.69) is 15.8 Å². The Morgan fingerprint density at radius 2 is 2.14 bits per heavy atom. The van der Waals surface area contributed by atoms with Gasteiger partial charge in [-0.15, -0.1) is 0 Å². The summed E-state index contributed by atoms with van der Waals surface area (Å²) in [6.07, 6.45) is 2.83. The minimum atomic E-state index is -0.405. The molecule has 1 unspecified atom stereocenters. The Bertz CT molecular complexity index is 750. The number of benzene rings is 1. The van der Waals surface area contributed by atoms with Crippen LogP contribution < -0.4 is 10.6 Å². The molecule has 3 heterocycles. The maximum atomic E-state index is 12.1. The molecule has 4 rings (SSSR count). The molecule has 0 aliphatic carbocycles. The van der Waals surface area contributed by atoms with Crippen LogP contribution in [0.15, 0.2) is 16.7 Å². The van der Waals surface area contributed by atoms with Gasteiger partial charge >= 0.3 is 0 Å². The number of aryl methyl sites for hydroxylation is 1. The van der Waals surface area contributed by atoms with Gasteiger partial charge in [0.1, 0.15) is 5.69 Å². The first kappa shape index (κ1) is 12.4. The highest BCUT2D eigenvalue weighted by Crippen LogP contribution is 2.37. The summed E-state index contributed by atoms with van der Waals surface area (Å²) in [7, 11) is 0. The van der Waals surface area contributed by atoms with Crippen molar-refractivity contribution in [3.05, 3.63) is 23.4 Å². The number of imide groups is 1. The molecule has 21 heavy (non-hydrogen) atoms. The van der Waals surface area contributed by atoms with Crippen LogP contribution in [0, 0.1) is 0 Å². The molecule has 2 aromatic rings. The lowest BCUT2D eigenvalue weighted by Crippen LogP contribution is -2.39. The van der Waals surface area contributed by atoms with E-state index in [9.17, 15) is 9.59 Å². The molecule has 6 heteroatoms. The lowest BCUT2D eigenvalue weighted by Gasteiger charge is -2.21. The fourth-order valence-corrected chi connectivity index (χ4v) is 3.23. The van der Waals surface area contributed by atoms with E-state index in [4.69, 9.17) is 4.52 Å². The molecule has 1 saturated heterocycles. The number of fused-ring (bicyclic) bond motifs is 3. The summed E-state index contributed by atoms with van der Waals surface area (Å²) in [6, 6.07) is 3.88. The largest absolute Gasteiger partial charge is 0.385 e. The molecule has 1 fully saturated rings.